The molecule has 2 unspecified atom stereocenters. The Morgan fingerprint density at radius 1 is 1.22 bits per heavy atom. The number of nitrogens with two attached hydrogens (primary N) is 1. The molecule has 0 amide bonds. The highest BCUT2D eigenvalue weighted by atomic mass is 15.3. The molecule has 3 fully saturated rings. The van der Waals surface area contributed by atoms with Crippen LogP contribution in [0.15, 0.2) is 0 Å². The summed E-state index contributed by atoms with van der Waals surface area (Å²) in [5.41, 5.74) is 6.89. The molecule has 2 atom stereocenters. The van der Waals surface area contributed by atoms with Gasteiger partial charge in [0.05, 0.1) is 0 Å². The molecule has 0 aromatic heterocycles. The molecule has 3 aliphatic rings. The molecule has 0 radical (unpaired) electrons. The summed E-state index contributed by atoms with van der Waals surface area (Å²) >= 11 is 0. The van der Waals surface area contributed by atoms with Crippen LogP contribution in [0.3, 0.4) is 0 Å². The predicted molar refractivity (Wildman–Crippen MR) is 75.6 cm³/mol. The van der Waals surface area contributed by atoms with Gasteiger partial charge in [-0.3, -0.25) is 9.80 Å². The van der Waals surface area contributed by atoms with E-state index < -0.39 is 0 Å². The minimum atomic E-state index is 0.233. The quantitative estimate of drug-likeness (QED) is 0.828. The van der Waals surface area contributed by atoms with E-state index in [4.69, 9.17) is 5.73 Å². The van der Waals surface area contributed by atoms with Crippen LogP contribution in [-0.4, -0.2) is 54.1 Å². The third-order valence-electron chi connectivity index (χ3n) is 6.23. The molecule has 0 bridgehead atoms. The highest BCUT2D eigenvalue weighted by Crippen LogP contribution is 2.55. The van der Waals surface area contributed by atoms with Crippen LogP contribution in [0.5, 0.6) is 0 Å². The van der Waals surface area contributed by atoms with Crippen LogP contribution in [-0.2, 0) is 0 Å². The second kappa shape index (κ2) is 4.46. The zero-order valence-corrected chi connectivity index (χ0v) is 12.1. The molecule has 3 nitrogen and oxygen atoms in total. The van der Waals surface area contributed by atoms with Gasteiger partial charge in [0, 0.05) is 37.8 Å². The normalized spacial score (nSPS) is 35.8. The van der Waals surface area contributed by atoms with E-state index >= 15 is 0 Å². The smallest absolute Gasteiger partial charge is 0.0358 e. The summed E-state index contributed by atoms with van der Waals surface area (Å²) in [6.07, 6.45) is 6.96. The Bertz CT molecular complexity index is 313. The molecule has 0 spiro atoms. The lowest BCUT2D eigenvalue weighted by Gasteiger charge is -2.53. The van der Waals surface area contributed by atoms with E-state index in [1.54, 1.807) is 0 Å². The van der Waals surface area contributed by atoms with Crippen molar-refractivity contribution in [2.24, 2.45) is 11.1 Å². The average Bonchev–Trinajstić information content (AvgIpc) is 3.17. The van der Waals surface area contributed by atoms with Gasteiger partial charge in [-0.15, -0.1) is 0 Å². The summed E-state index contributed by atoms with van der Waals surface area (Å²) in [4.78, 5) is 5.44. The maximum absolute atomic E-state index is 6.18. The van der Waals surface area contributed by atoms with Gasteiger partial charge in [0.1, 0.15) is 0 Å². The fourth-order valence-electron chi connectivity index (χ4n) is 4.09. The molecule has 1 saturated carbocycles. The average molecular weight is 251 g/mol. The lowest BCUT2D eigenvalue weighted by molar-refractivity contribution is -0.0316. The lowest BCUT2D eigenvalue weighted by Crippen LogP contribution is -2.65. The number of fused-ring (bicyclic) bond motifs is 1. The number of hydrogen-bond acceptors (Lipinski definition) is 3. The van der Waals surface area contributed by atoms with Crippen molar-refractivity contribution in [2.75, 3.05) is 32.7 Å². The van der Waals surface area contributed by atoms with E-state index in [0.29, 0.717) is 5.41 Å². The standard InChI is InChI=1S/C15H29N3/c1-14(6-7-14)15(2,12-16)18-10-9-17-8-4-3-5-13(17)11-18/h13H,3-12,16H2,1-2H3. The summed E-state index contributed by atoms with van der Waals surface area (Å²) in [7, 11) is 0. The number of piperidine rings is 1. The first-order valence-electron chi connectivity index (χ1n) is 7.78. The van der Waals surface area contributed by atoms with Gasteiger partial charge in [0.15, 0.2) is 0 Å². The minimum Gasteiger partial charge on any atom is -0.329 e. The second-order valence-corrected chi connectivity index (χ2v) is 7.17. The molecule has 2 N–H and O–H groups in total. The van der Waals surface area contributed by atoms with Crippen molar-refractivity contribution in [1.29, 1.82) is 0 Å². The van der Waals surface area contributed by atoms with Crippen molar-refractivity contribution in [3.05, 3.63) is 0 Å². The Kier molecular flexibility index (Phi) is 3.20. The summed E-state index contributed by atoms with van der Waals surface area (Å²) < 4.78 is 0. The Morgan fingerprint density at radius 2 is 2.00 bits per heavy atom. The Morgan fingerprint density at radius 3 is 2.67 bits per heavy atom. The molecule has 104 valence electrons. The van der Waals surface area contributed by atoms with E-state index in [2.05, 4.69) is 23.6 Å². The van der Waals surface area contributed by atoms with Crippen LogP contribution in [0.4, 0.5) is 0 Å². The molecule has 3 heteroatoms. The van der Waals surface area contributed by atoms with Crippen molar-refractivity contribution < 1.29 is 0 Å². The molecule has 2 heterocycles. The number of piperazine rings is 1. The summed E-state index contributed by atoms with van der Waals surface area (Å²) in [6, 6.07) is 0.806. The van der Waals surface area contributed by atoms with E-state index in [0.717, 1.165) is 12.6 Å². The van der Waals surface area contributed by atoms with E-state index in [9.17, 15) is 0 Å². The zero-order valence-electron chi connectivity index (χ0n) is 12.1. The molecule has 18 heavy (non-hydrogen) atoms. The highest BCUT2D eigenvalue weighted by molar-refractivity contribution is 5.11. The fraction of sp³-hybridized carbons (Fsp3) is 1.00. The summed E-state index contributed by atoms with van der Waals surface area (Å²) in [5.74, 6) is 0. The molecule has 3 rings (SSSR count). The molecule has 0 aromatic rings. The molecule has 0 aromatic carbocycles. The first-order chi connectivity index (χ1) is 8.59. The van der Waals surface area contributed by atoms with E-state index in [1.807, 2.05) is 0 Å². The molecule has 1 aliphatic carbocycles. The van der Waals surface area contributed by atoms with Gasteiger partial charge in [-0.1, -0.05) is 13.3 Å². The van der Waals surface area contributed by atoms with Crippen LogP contribution in [0.2, 0.25) is 0 Å². The maximum Gasteiger partial charge on any atom is 0.0358 e. The van der Waals surface area contributed by atoms with Gasteiger partial charge in [-0.2, -0.15) is 0 Å². The number of rotatable bonds is 3. The maximum atomic E-state index is 6.18. The van der Waals surface area contributed by atoms with Gasteiger partial charge in [0.25, 0.3) is 0 Å². The van der Waals surface area contributed by atoms with Crippen molar-refractivity contribution in [1.82, 2.24) is 9.80 Å². The Balaban J connectivity index is 1.72. The van der Waals surface area contributed by atoms with E-state index in [-0.39, 0.29) is 5.54 Å². The van der Waals surface area contributed by atoms with Crippen LogP contribution >= 0.6 is 0 Å². The van der Waals surface area contributed by atoms with Crippen LogP contribution in [0.25, 0.3) is 0 Å². The van der Waals surface area contributed by atoms with Gasteiger partial charge in [-0.05, 0) is 44.6 Å². The van der Waals surface area contributed by atoms with Gasteiger partial charge < -0.3 is 5.73 Å². The second-order valence-electron chi connectivity index (χ2n) is 7.17. The molecular weight excluding hydrogens is 222 g/mol. The fourth-order valence-corrected chi connectivity index (χ4v) is 4.09. The van der Waals surface area contributed by atoms with Crippen molar-refractivity contribution >= 4 is 0 Å². The number of nitrogens with zero attached hydrogens (tertiary/aromatic N) is 2. The van der Waals surface area contributed by atoms with Crippen molar-refractivity contribution in [3.8, 4) is 0 Å². The monoisotopic (exact) mass is 251 g/mol. The number of hydrogen-bond donors (Lipinski definition) is 1. The van der Waals surface area contributed by atoms with Crippen LogP contribution in [0.1, 0.15) is 46.0 Å². The Hall–Kier alpha value is -0.120. The van der Waals surface area contributed by atoms with Crippen LogP contribution in [0, 0.1) is 5.41 Å². The highest BCUT2D eigenvalue weighted by Gasteiger charge is 2.55. The molecule has 2 saturated heterocycles. The molecule has 2 aliphatic heterocycles. The zero-order chi connectivity index (χ0) is 12.8. The van der Waals surface area contributed by atoms with Crippen molar-refractivity contribution in [2.45, 2.75) is 57.5 Å². The largest absolute Gasteiger partial charge is 0.329 e. The predicted octanol–water partition coefficient (Wildman–Crippen LogP) is 1.67. The lowest BCUT2D eigenvalue weighted by atomic mass is 9.80. The summed E-state index contributed by atoms with van der Waals surface area (Å²) in [5, 5.41) is 0. The SMILES string of the molecule is CC1(C(C)(CN)N2CCN3CCCCC3C2)CC1. The molecular formula is C15H29N3. The third kappa shape index (κ3) is 1.91. The van der Waals surface area contributed by atoms with Gasteiger partial charge in [-0.25, -0.2) is 0 Å². The minimum absolute atomic E-state index is 0.233. The van der Waals surface area contributed by atoms with Gasteiger partial charge >= 0.3 is 0 Å². The Labute approximate surface area is 112 Å². The first-order valence-corrected chi connectivity index (χ1v) is 7.78. The topological polar surface area (TPSA) is 32.5 Å². The summed E-state index contributed by atoms with van der Waals surface area (Å²) in [6.45, 7) is 10.7. The van der Waals surface area contributed by atoms with E-state index in [1.165, 1.54) is 58.3 Å². The van der Waals surface area contributed by atoms with Crippen molar-refractivity contribution in [3.63, 3.8) is 0 Å². The van der Waals surface area contributed by atoms with Crippen LogP contribution < -0.4 is 5.73 Å². The van der Waals surface area contributed by atoms with Gasteiger partial charge in [0.2, 0.25) is 0 Å². The third-order valence-corrected chi connectivity index (χ3v) is 6.23. The first kappa shape index (κ1) is 12.9.